The summed E-state index contributed by atoms with van der Waals surface area (Å²) in [5, 5.41) is 3.41. The van der Waals surface area contributed by atoms with E-state index in [1.54, 1.807) is 0 Å². The van der Waals surface area contributed by atoms with Crippen LogP contribution < -0.4 is 5.32 Å². The summed E-state index contributed by atoms with van der Waals surface area (Å²) in [6.45, 7) is 5.15. The van der Waals surface area contributed by atoms with Crippen LogP contribution in [0.25, 0.3) is 0 Å². The highest BCUT2D eigenvalue weighted by Gasteiger charge is 2.00. The molecule has 1 aromatic rings. The van der Waals surface area contributed by atoms with Crippen molar-refractivity contribution in [2.75, 3.05) is 6.54 Å². The SMILES string of the molecule is C/C=C/CN[C@@H](C)c1ccccc1. The van der Waals surface area contributed by atoms with E-state index >= 15 is 0 Å². The smallest absolute Gasteiger partial charge is 0.0294 e. The van der Waals surface area contributed by atoms with Crippen LogP contribution in [-0.4, -0.2) is 6.54 Å². The van der Waals surface area contributed by atoms with E-state index in [1.165, 1.54) is 5.56 Å². The molecule has 0 fully saturated rings. The van der Waals surface area contributed by atoms with E-state index in [0.717, 1.165) is 6.54 Å². The highest BCUT2D eigenvalue weighted by atomic mass is 14.9. The number of rotatable bonds is 4. The minimum Gasteiger partial charge on any atom is -0.307 e. The Labute approximate surface area is 80.5 Å². The maximum Gasteiger partial charge on any atom is 0.0294 e. The van der Waals surface area contributed by atoms with Gasteiger partial charge in [-0.3, -0.25) is 0 Å². The van der Waals surface area contributed by atoms with Crippen LogP contribution in [0.1, 0.15) is 25.5 Å². The van der Waals surface area contributed by atoms with Gasteiger partial charge in [-0.2, -0.15) is 0 Å². The quantitative estimate of drug-likeness (QED) is 0.694. The van der Waals surface area contributed by atoms with Crippen LogP contribution in [0.4, 0.5) is 0 Å². The van der Waals surface area contributed by atoms with E-state index in [1.807, 2.05) is 13.0 Å². The van der Waals surface area contributed by atoms with Crippen molar-refractivity contribution in [3.8, 4) is 0 Å². The molecule has 1 rings (SSSR count). The molecule has 0 bridgehead atoms. The van der Waals surface area contributed by atoms with E-state index in [0.29, 0.717) is 6.04 Å². The zero-order valence-corrected chi connectivity index (χ0v) is 8.33. The largest absolute Gasteiger partial charge is 0.307 e. The van der Waals surface area contributed by atoms with Crippen molar-refractivity contribution < 1.29 is 0 Å². The summed E-state index contributed by atoms with van der Waals surface area (Å²) in [5.41, 5.74) is 1.34. The lowest BCUT2D eigenvalue weighted by molar-refractivity contribution is 0.617. The van der Waals surface area contributed by atoms with Gasteiger partial charge in [0.1, 0.15) is 0 Å². The number of benzene rings is 1. The number of allylic oxidation sites excluding steroid dienone is 1. The molecule has 0 heterocycles. The molecule has 0 saturated carbocycles. The molecule has 1 nitrogen and oxygen atoms in total. The average molecular weight is 175 g/mol. The fourth-order valence-electron chi connectivity index (χ4n) is 1.22. The van der Waals surface area contributed by atoms with Crippen LogP contribution in [0.2, 0.25) is 0 Å². The first-order valence-electron chi connectivity index (χ1n) is 4.74. The summed E-state index contributed by atoms with van der Waals surface area (Å²) >= 11 is 0. The van der Waals surface area contributed by atoms with Gasteiger partial charge in [-0.1, -0.05) is 42.5 Å². The van der Waals surface area contributed by atoms with E-state index < -0.39 is 0 Å². The van der Waals surface area contributed by atoms with Crippen molar-refractivity contribution >= 4 is 0 Å². The predicted octanol–water partition coefficient (Wildman–Crippen LogP) is 2.91. The van der Waals surface area contributed by atoms with E-state index in [9.17, 15) is 0 Å². The van der Waals surface area contributed by atoms with Crippen LogP contribution in [0.3, 0.4) is 0 Å². The predicted molar refractivity (Wildman–Crippen MR) is 57.7 cm³/mol. The van der Waals surface area contributed by atoms with Gasteiger partial charge >= 0.3 is 0 Å². The molecule has 1 aromatic carbocycles. The molecule has 1 heteroatoms. The van der Waals surface area contributed by atoms with Gasteiger partial charge in [0, 0.05) is 12.6 Å². The Hall–Kier alpha value is -1.08. The number of hydrogen-bond acceptors (Lipinski definition) is 1. The summed E-state index contributed by atoms with van der Waals surface area (Å²) in [6, 6.07) is 10.9. The fourth-order valence-corrected chi connectivity index (χ4v) is 1.22. The molecule has 1 N–H and O–H groups in total. The zero-order chi connectivity index (χ0) is 9.52. The van der Waals surface area contributed by atoms with Crippen LogP contribution in [0, 0.1) is 0 Å². The Morgan fingerprint density at radius 1 is 1.31 bits per heavy atom. The molecule has 0 amide bonds. The third-order valence-electron chi connectivity index (χ3n) is 2.08. The van der Waals surface area contributed by atoms with E-state index in [-0.39, 0.29) is 0 Å². The molecule has 0 aliphatic rings. The van der Waals surface area contributed by atoms with Gasteiger partial charge < -0.3 is 5.32 Å². The second kappa shape index (κ2) is 5.55. The summed E-state index contributed by atoms with van der Waals surface area (Å²) in [6.07, 6.45) is 4.18. The minimum atomic E-state index is 0.428. The fraction of sp³-hybridized carbons (Fsp3) is 0.333. The molecular weight excluding hydrogens is 158 g/mol. The second-order valence-electron chi connectivity index (χ2n) is 3.11. The molecule has 70 valence electrons. The summed E-state index contributed by atoms with van der Waals surface area (Å²) in [5.74, 6) is 0. The first kappa shape index (κ1) is 10.0. The van der Waals surface area contributed by atoms with Crippen molar-refractivity contribution in [1.82, 2.24) is 5.32 Å². The first-order chi connectivity index (χ1) is 6.34. The molecule has 1 atom stereocenters. The normalized spacial score (nSPS) is 13.4. The molecule has 0 saturated heterocycles. The first-order valence-corrected chi connectivity index (χ1v) is 4.74. The average Bonchev–Trinajstić information content (AvgIpc) is 2.19. The highest BCUT2D eigenvalue weighted by molar-refractivity contribution is 5.18. The van der Waals surface area contributed by atoms with Crippen LogP contribution in [-0.2, 0) is 0 Å². The van der Waals surface area contributed by atoms with Crippen molar-refractivity contribution in [1.29, 1.82) is 0 Å². The van der Waals surface area contributed by atoms with Gasteiger partial charge in [-0.05, 0) is 19.4 Å². The molecular formula is C12H17N. The topological polar surface area (TPSA) is 12.0 Å². The Morgan fingerprint density at radius 2 is 2.00 bits per heavy atom. The zero-order valence-electron chi connectivity index (χ0n) is 8.33. The molecule has 0 radical (unpaired) electrons. The van der Waals surface area contributed by atoms with Gasteiger partial charge in [0.15, 0.2) is 0 Å². The van der Waals surface area contributed by atoms with E-state index in [4.69, 9.17) is 0 Å². The van der Waals surface area contributed by atoms with Gasteiger partial charge in [0.2, 0.25) is 0 Å². The monoisotopic (exact) mass is 175 g/mol. The van der Waals surface area contributed by atoms with Crippen LogP contribution in [0.5, 0.6) is 0 Å². The van der Waals surface area contributed by atoms with Crippen molar-refractivity contribution in [3.05, 3.63) is 48.0 Å². The number of hydrogen-bond donors (Lipinski definition) is 1. The van der Waals surface area contributed by atoms with Crippen molar-refractivity contribution in [3.63, 3.8) is 0 Å². The van der Waals surface area contributed by atoms with Crippen molar-refractivity contribution in [2.45, 2.75) is 19.9 Å². The minimum absolute atomic E-state index is 0.428. The standard InChI is InChI=1S/C12H17N/c1-3-4-10-13-11(2)12-8-6-5-7-9-12/h3-9,11,13H,10H2,1-2H3/b4-3+/t11-/m0/s1. The summed E-state index contributed by atoms with van der Waals surface area (Å²) < 4.78 is 0. The second-order valence-corrected chi connectivity index (χ2v) is 3.11. The van der Waals surface area contributed by atoms with Gasteiger partial charge in [0.25, 0.3) is 0 Å². The summed E-state index contributed by atoms with van der Waals surface area (Å²) in [7, 11) is 0. The maximum atomic E-state index is 3.41. The third-order valence-corrected chi connectivity index (χ3v) is 2.08. The Kier molecular flexibility index (Phi) is 4.27. The number of nitrogens with one attached hydrogen (secondary N) is 1. The lowest BCUT2D eigenvalue weighted by Crippen LogP contribution is -2.18. The lowest BCUT2D eigenvalue weighted by Gasteiger charge is -2.12. The summed E-state index contributed by atoms with van der Waals surface area (Å²) in [4.78, 5) is 0. The van der Waals surface area contributed by atoms with E-state index in [2.05, 4.69) is 48.7 Å². The van der Waals surface area contributed by atoms with Crippen LogP contribution in [0.15, 0.2) is 42.5 Å². The van der Waals surface area contributed by atoms with Gasteiger partial charge in [-0.15, -0.1) is 0 Å². The molecule has 0 aliphatic carbocycles. The Bertz CT molecular complexity index is 251. The molecule has 0 spiro atoms. The highest BCUT2D eigenvalue weighted by Crippen LogP contribution is 2.10. The Balaban J connectivity index is 2.44. The van der Waals surface area contributed by atoms with Gasteiger partial charge in [0.05, 0.1) is 0 Å². The van der Waals surface area contributed by atoms with Crippen molar-refractivity contribution in [2.24, 2.45) is 0 Å². The molecule has 0 unspecified atom stereocenters. The third kappa shape index (κ3) is 3.43. The Morgan fingerprint density at radius 3 is 2.62 bits per heavy atom. The molecule has 13 heavy (non-hydrogen) atoms. The maximum absolute atomic E-state index is 3.41. The lowest BCUT2D eigenvalue weighted by atomic mass is 10.1. The molecule has 0 aromatic heterocycles. The van der Waals surface area contributed by atoms with Gasteiger partial charge in [-0.25, -0.2) is 0 Å². The van der Waals surface area contributed by atoms with Crippen LogP contribution >= 0.6 is 0 Å². The molecule has 0 aliphatic heterocycles.